The van der Waals surface area contributed by atoms with Crippen LogP contribution in [0.5, 0.6) is 17.2 Å². The van der Waals surface area contributed by atoms with Gasteiger partial charge in [-0.3, -0.25) is 0 Å². The SMILES string of the molecule is CCOc1cc(N)cc(Oc2cc(C)c(Cl)c(C)c2)c1. The van der Waals surface area contributed by atoms with E-state index >= 15 is 0 Å². The second-order valence-corrected chi connectivity index (χ2v) is 5.02. The third kappa shape index (κ3) is 3.36. The third-order valence-corrected chi connectivity index (χ3v) is 3.46. The van der Waals surface area contributed by atoms with Crippen LogP contribution < -0.4 is 15.2 Å². The molecule has 0 amide bonds. The summed E-state index contributed by atoms with van der Waals surface area (Å²) in [7, 11) is 0. The van der Waals surface area contributed by atoms with Crippen molar-refractivity contribution in [3.8, 4) is 17.2 Å². The molecule has 2 aromatic rings. The Morgan fingerprint density at radius 2 is 1.50 bits per heavy atom. The fraction of sp³-hybridized carbons (Fsp3) is 0.250. The van der Waals surface area contributed by atoms with Crippen molar-refractivity contribution in [1.29, 1.82) is 0 Å². The molecule has 0 saturated carbocycles. The lowest BCUT2D eigenvalue weighted by molar-refractivity contribution is 0.338. The maximum atomic E-state index is 6.15. The van der Waals surface area contributed by atoms with Crippen molar-refractivity contribution in [2.45, 2.75) is 20.8 Å². The molecule has 0 aliphatic carbocycles. The molecule has 2 aromatic carbocycles. The van der Waals surface area contributed by atoms with Crippen molar-refractivity contribution in [1.82, 2.24) is 0 Å². The van der Waals surface area contributed by atoms with E-state index in [-0.39, 0.29) is 0 Å². The number of anilines is 1. The van der Waals surface area contributed by atoms with Crippen molar-refractivity contribution in [3.05, 3.63) is 46.5 Å². The van der Waals surface area contributed by atoms with Gasteiger partial charge in [-0.1, -0.05) is 11.6 Å². The van der Waals surface area contributed by atoms with Gasteiger partial charge in [0.2, 0.25) is 0 Å². The second-order valence-electron chi connectivity index (χ2n) is 4.64. The minimum Gasteiger partial charge on any atom is -0.494 e. The predicted octanol–water partition coefficient (Wildman–Crippen LogP) is 4.73. The van der Waals surface area contributed by atoms with Crippen LogP contribution >= 0.6 is 11.6 Å². The number of nitrogen functional groups attached to an aromatic ring is 1. The van der Waals surface area contributed by atoms with Crippen LogP contribution in [0.2, 0.25) is 5.02 Å². The first-order valence-corrected chi connectivity index (χ1v) is 6.85. The summed E-state index contributed by atoms with van der Waals surface area (Å²) < 4.78 is 11.3. The molecular weight excluding hydrogens is 274 g/mol. The van der Waals surface area contributed by atoms with E-state index < -0.39 is 0 Å². The summed E-state index contributed by atoms with van der Waals surface area (Å²) in [5, 5.41) is 0.764. The minimum atomic E-state index is 0.585. The second kappa shape index (κ2) is 6.06. The van der Waals surface area contributed by atoms with Crippen molar-refractivity contribution in [2.75, 3.05) is 12.3 Å². The largest absolute Gasteiger partial charge is 0.494 e. The van der Waals surface area contributed by atoms with Crippen LogP contribution in [-0.4, -0.2) is 6.61 Å². The zero-order chi connectivity index (χ0) is 14.7. The molecule has 106 valence electrons. The molecule has 20 heavy (non-hydrogen) atoms. The molecule has 0 aliphatic heterocycles. The predicted molar refractivity (Wildman–Crippen MR) is 83.0 cm³/mol. The number of benzene rings is 2. The molecule has 0 aromatic heterocycles. The number of hydrogen-bond acceptors (Lipinski definition) is 3. The van der Waals surface area contributed by atoms with Gasteiger partial charge in [-0.15, -0.1) is 0 Å². The van der Waals surface area contributed by atoms with Crippen molar-refractivity contribution < 1.29 is 9.47 Å². The monoisotopic (exact) mass is 291 g/mol. The average molecular weight is 292 g/mol. The Morgan fingerprint density at radius 1 is 0.950 bits per heavy atom. The number of hydrogen-bond donors (Lipinski definition) is 1. The van der Waals surface area contributed by atoms with Crippen LogP contribution in [0.25, 0.3) is 0 Å². The van der Waals surface area contributed by atoms with E-state index in [1.54, 1.807) is 12.1 Å². The molecule has 4 heteroatoms. The van der Waals surface area contributed by atoms with Gasteiger partial charge < -0.3 is 15.2 Å². The molecule has 2 N–H and O–H groups in total. The zero-order valence-corrected chi connectivity index (χ0v) is 12.6. The lowest BCUT2D eigenvalue weighted by Crippen LogP contribution is -1.95. The van der Waals surface area contributed by atoms with E-state index in [4.69, 9.17) is 26.8 Å². The number of nitrogens with two attached hydrogens (primary N) is 1. The Morgan fingerprint density at radius 3 is 2.10 bits per heavy atom. The Labute approximate surface area is 124 Å². The molecule has 2 rings (SSSR count). The summed E-state index contributed by atoms with van der Waals surface area (Å²) >= 11 is 6.15. The number of rotatable bonds is 4. The van der Waals surface area contributed by atoms with E-state index in [9.17, 15) is 0 Å². The first-order chi connectivity index (χ1) is 9.49. The molecule has 0 bridgehead atoms. The summed E-state index contributed by atoms with van der Waals surface area (Å²) in [6, 6.07) is 9.16. The number of aryl methyl sites for hydroxylation is 2. The highest BCUT2D eigenvalue weighted by molar-refractivity contribution is 6.32. The quantitative estimate of drug-likeness (QED) is 0.828. The van der Waals surface area contributed by atoms with Gasteiger partial charge >= 0.3 is 0 Å². The summed E-state index contributed by atoms with van der Waals surface area (Å²) in [5.74, 6) is 2.08. The average Bonchev–Trinajstić information content (AvgIpc) is 2.35. The van der Waals surface area contributed by atoms with Gasteiger partial charge in [0.05, 0.1) is 6.61 Å². The Bertz CT molecular complexity index is 603. The molecule has 0 spiro atoms. The Balaban J connectivity index is 2.30. The van der Waals surface area contributed by atoms with Gasteiger partial charge in [-0.05, 0) is 44.0 Å². The molecule has 0 aliphatic rings. The van der Waals surface area contributed by atoms with Crippen molar-refractivity contribution in [2.24, 2.45) is 0 Å². The maximum Gasteiger partial charge on any atom is 0.133 e. The Kier molecular flexibility index (Phi) is 4.40. The van der Waals surface area contributed by atoms with Crippen LogP contribution in [0, 0.1) is 13.8 Å². The normalized spacial score (nSPS) is 10.4. The van der Waals surface area contributed by atoms with Crippen LogP contribution in [0.15, 0.2) is 30.3 Å². The van der Waals surface area contributed by atoms with E-state index in [0.29, 0.717) is 23.8 Å². The topological polar surface area (TPSA) is 44.5 Å². The number of halogens is 1. The van der Waals surface area contributed by atoms with Crippen LogP contribution in [0.4, 0.5) is 5.69 Å². The highest BCUT2D eigenvalue weighted by Gasteiger charge is 2.06. The minimum absolute atomic E-state index is 0.585. The molecule has 0 fully saturated rings. The molecule has 3 nitrogen and oxygen atoms in total. The van der Waals surface area contributed by atoms with Gasteiger partial charge in [0, 0.05) is 28.9 Å². The lowest BCUT2D eigenvalue weighted by Gasteiger charge is -2.12. The Hall–Kier alpha value is -1.87. The van der Waals surface area contributed by atoms with Gasteiger partial charge in [0.25, 0.3) is 0 Å². The first kappa shape index (κ1) is 14.5. The molecular formula is C16H18ClNO2. The smallest absolute Gasteiger partial charge is 0.133 e. The highest BCUT2D eigenvalue weighted by atomic mass is 35.5. The van der Waals surface area contributed by atoms with Crippen LogP contribution in [-0.2, 0) is 0 Å². The maximum absolute atomic E-state index is 6.15. The van der Waals surface area contributed by atoms with Gasteiger partial charge in [-0.2, -0.15) is 0 Å². The third-order valence-electron chi connectivity index (χ3n) is 2.86. The summed E-state index contributed by atoms with van der Waals surface area (Å²) in [5.41, 5.74) is 8.42. The summed E-state index contributed by atoms with van der Waals surface area (Å²) in [6.45, 7) is 6.41. The lowest BCUT2D eigenvalue weighted by atomic mass is 10.1. The van der Waals surface area contributed by atoms with E-state index in [0.717, 1.165) is 21.9 Å². The van der Waals surface area contributed by atoms with E-state index in [1.165, 1.54) is 0 Å². The highest BCUT2D eigenvalue weighted by Crippen LogP contribution is 2.32. The summed E-state index contributed by atoms with van der Waals surface area (Å²) in [4.78, 5) is 0. The van der Waals surface area contributed by atoms with Gasteiger partial charge in [0.1, 0.15) is 17.2 Å². The van der Waals surface area contributed by atoms with Crippen LogP contribution in [0.3, 0.4) is 0 Å². The fourth-order valence-corrected chi connectivity index (χ4v) is 2.11. The van der Waals surface area contributed by atoms with Gasteiger partial charge in [0.15, 0.2) is 0 Å². The fourth-order valence-electron chi connectivity index (χ4n) is 2.00. The zero-order valence-electron chi connectivity index (χ0n) is 11.9. The molecule has 0 unspecified atom stereocenters. The molecule has 0 radical (unpaired) electrons. The van der Waals surface area contributed by atoms with Crippen molar-refractivity contribution >= 4 is 17.3 Å². The first-order valence-electron chi connectivity index (χ1n) is 6.47. The molecule has 0 heterocycles. The van der Waals surface area contributed by atoms with Gasteiger partial charge in [-0.25, -0.2) is 0 Å². The van der Waals surface area contributed by atoms with Crippen LogP contribution in [0.1, 0.15) is 18.1 Å². The molecule has 0 saturated heterocycles. The van der Waals surface area contributed by atoms with E-state index in [1.807, 2.05) is 39.0 Å². The standard InChI is InChI=1S/C16H18ClNO2/c1-4-19-13-7-12(18)8-15(9-13)20-14-5-10(2)16(17)11(3)6-14/h5-9H,4,18H2,1-3H3. The number of ether oxygens (including phenoxy) is 2. The van der Waals surface area contributed by atoms with E-state index in [2.05, 4.69) is 0 Å². The molecule has 0 atom stereocenters. The summed E-state index contributed by atoms with van der Waals surface area (Å²) in [6.07, 6.45) is 0. The van der Waals surface area contributed by atoms with Crippen molar-refractivity contribution in [3.63, 3.8) is 0 Å².